The summed E-state index contributed by atoms with van der Waals surface area (Å²) in [6, 6.07) is 18.3. The third kappa shape index (κ3) is 3.56. The molecule has 0 N–H and O–H groups in total. The summed E-state index contributed by atoms with van der Waals surface area (Å²) in [5.74, 6) is 0.524. The monoisotopic (exact) mass is 328 g/mol. The number of allylic oxidation sites excluding steroid dienone is 1. The van der Waals surface area contributed by atoms with Crippen LogP contribution in [0.3, 0.4) is 0 Å². The lowest BCUT2D eigenvalue weighted by Gasteiger charge is -2.04. The van der Waals surface area contributed by atoms with E-state index in [9.17, 15) is 4.79 Å². The van der Waals surface area contributed by atoms with Gasteiger partial charge in [-0.05, 0) is 59.2 Å². The first-order chi connectivity index (χ1) is 12.0. The number of carbonyl (C=O) groups is 1. The molecule has 0 amide bonds. The molecule has 0 saturated carbocycles. The number of fused-ring (bicyclic) bond motifs is 1. The molecule has 0 saturated heterocycles. The SMILES string of the molecule is Cc1cc(/C=C/C(=O)c2ccccc2)c2c(C)ccc(C(C)C)cc1-2. The van der Waals surface area contributed by atoms with Crippen LogP contribution in [0, 0.1) is 13.8 Å². The first-order valence-corrected chi connectivity index (χ1v) is 8.78. The van der Waals surface area contributed by atoms with Gasteiger partial charge < -0.3 is 0 Å². The lowest BCUT2D eigenvalue weighted by molar-refractivity contribution is 0.104. The van der Waals surface area contributed by atoms with Gasteiger partial charge in [0.05, 0.1) is 0 Å². The number of hydrogen-bond donors (Lipinski definition) is 0. The van der Waals surface area contributed by atoms with Gasteiger partial charge in [0, 0.05) is 5.56 Å². The second-order valence-electron chi connectivity index (χ2n) is 6.95. The normalized spacial score (nSPS) is 11.6. The molecule has 0 unspecified atom stereocenters. The Kier molecular flexibility index (Phi) is 4.85. The van der Waals surface area contributed by atoms with Gasteiger partial charge in [-0.2, -0.15) is 0 Å². The predicted molar refractivity (Wildman–Crippen MR) is 106 cm³/mol. The molecule has 0 radical (unpaired) electrons. The molecule has 0 heterocycles. The molecule has 3 rings (SSSR count). The maximum atomic E-state index is 12.4. The Bertz CT molecular complexity index is 901. The van der Waals surface area contributed by atoms with Crippen molar-refractivity contribution in [3.8, 4) is 11.1 Å². The predicted octanol–water partition coefficient (Wildman–Crippen LogP) is 6.43. The summed E-state index contributed by atoms with van der Waals surface area (Å²) in [7, 11) is 0. The van der Waals surface area contributed by atoms with Gasteiger partial charge in [-0.1, -0.05) is 74.5 Å². The minimum Gasteiger partial charge on any atom is -0.289 e. The van der Waals surface area contributed by atoms with Gasteiger partial charge in [0.25, 0.3) is 0 Å². The van der Waals surface area contributed by atoms with Gasteiger partial charge >= 0.3 is 0 Å². The van der Waals surface area contributed by atoms with Crippen molar-refractivity contribution in [2.45, 2.75) is 33.6 Å². The smallest absolute Gasteiger partial charge is 0.185 e. The van der Waals surface area contributed by atoms with Crippen molar-refractivity contribution in [2.24, 2.45) is 0 Å². The van der Waals surface area contributed by atoms with E-state index in [1.54, 1.807) is 6.08 Å². The highest BCUT2D eigenvalue weighted by Crippen LogP contribution is 2.36. The van der Waals surface area contributed by atoms with Crippen LogP contribution in [0.4, 0.5) is 0 Å². The molecule has 0 atom stereocenters. The van der Waals surface area contributed by atoms with Crippen LogP contribution in [0.1, 0.15) is 52.4 Å². The summed E-state index contributed by atoms with van der Waals surface area (Å²) in [4.78, 5) is 12.4. The summed E-state index contributed by atoms with van der Waals surface area (Å²) < 4.78 is 0. The molecule has 25 heavy (non-hydrogen) atoms. The molecule has 2 aliphatic rings. The van der Waals surface area contributed by atoms with Gasteiger partial charge in [0.1, 0.15) is 0 Å². The number of carbonyl (C=O) groups excluding carboxylic acids is 1. The summed E-state index contributed by atoms with van der Waals surface area (Å²) in [5.41, 5.74) is 8.17. The summed E-state index contributed by atoms with van der Waals surface area (Å²) in [6.07, 6.45) is 3.63. The molecule has 0 spiro atoms. The quantitative estimate of drug-likeness (QED) is 0.398. The summed E-state index contributed by atoms with van der Waals surface area (Å²) in [6.45, 7) is 8.71. The molecule has 2 aliphatic carbocycles. The fraction of sp³-hybridized carbons (Fsp3) is 0.208. The fourth-order valence-electron chi connectivity index (χ4n) is 3.24. The molecular formula is C24H24O. The zero-order chi connectivity index (χ0) is 18.0. The largest absolute Gasteiger partial charge is 0.289 e. The van der Waals surface area contributed by atoms with E-state index in [2.05, 4.69) is 52.0 Å². The van der Waals surface area contributed by atoms with Crippen molar-refractivity contribution in [2.75, 3.05) is 0 Å². The molecule has 1 heteroatoms. The van der Waals surface area contributed by atoms with Crippen LogP contribution in [0.25, 0.3) is 17.2 Å². The maximum absolute atomic E-state index is 12.4. The Morgan fingerprint density at radius 1 is 0.920 bits per heavy atom. The fourth-order valence-corrected chi connectivity index (χ4v) is 3.24. The van der Waals surface area contributed by atoms with Crippen molar-refractivity contribution in [1.82, 2.24) is 0 Å². The van der Waals surface area contributed by atoms with Crippen LogP contribution >= 0.6 is 0 Å². The first kappa shape index (κ1) is 17.2. The average Bonchev–Trinajstić information content (AvgIpc) is 2.80. The van der Waals surface area contributed by atoms with Crippen LogP contribution in [-0.4, -0.2) is 5.78 Å². The van der Waals surface area contributed by atoms with Crippen molar-refractivity contribution >= 4 is 11.9 Å². The summed E-state index contributed by atoms with van der Waals surface area (Å²) >= 11 is 0. The van der Waals surface area contributed by atoms with E-state index in [-0.39, 0.29) is 5.78 Å². The Morgan fingerprint density at radius 2 is 1.64 bits per heavy atom. The second-order valence-corrected chi connectivity index (χ2v) is 6.95. The minimum atomic E-state index is 0.0356. The van der Waals surface area contributed by atoms with E-state index in [1.807, 2.05) is 36.4 Å². The standard InChI is InChI=1S/C24H24O/c1-16(2)20-11-10-17(3)24-21(14-18(4)22(24)15-20)12-13-23(25)19-8-6-5-7-9-19/h5-16H,1-4H3/b13-12+. The van der Waals surface area contributed by atoms with E-state index in [0.29, 0.717) is 5.92 Å². The first-order valence-electron chi connectivity index (χ1n) is 8.78. The molecule has 0 fully saturated rings. The van der Waals surface area contributed by atoms with Crippen LogP contribution in [-0.2, 0) is 0 Å². The lowest BCUT2D eigenvalue weighted by atomic mass is 10.0. The zero-order valence-corrected chi connectivity index (χ0v) is 15.3. The van der Waals surface area contributed by atoms with Crippen LogP contribution in [0.15, 0.2) is 60.7 Å². The van der Waals surface area contributed by atoms with E-state index in [1.165, 1.54) is 27.8 Å². The van der Waals surface area contributed by atoms with E-state index < -0.39 is 0 Å². The Hall–Kier alpha value is -2.67. The van der Waals surface area contributed by atoms with E-state index >= 15 is 0 Å². The number of benzene rings is 1. The zero-order valence-electron chi connectivity index (χ0n) is 15.3. The van der Waals surface area contributed by atoms with Crippen LogP contribution in [0.5, 0.6) is 0 Å². The van der Waals surface area contributed by atoms with Gasteiger partial charge in [0.15, 0.2) is 5.78 Å². The maximum Gasteiger partial charge on any atom is 0.185 e. The van der Waals surface area contributed by atoms with Crippen molar-refractivity contribution in [1.29, 1.82) is 0 Å². The molecule has 0 aliphatic heterocycles. The molecule has 1 aromatic carbocycles. The van der Waals surface area contributed by atoms with Crippen molar-refractivity contribution < 1.29 is 4.79 Å². The van der Waals surface area contributed by atoms with Gasteiger partial charge in [-0.3, -0.25) is 4.79 Å². The average molecular weight is 328 g/mol. The second kappa shape index (κ2) is 7.06. The molecule has 1 aromatic rings. The number of aryl methyl sites for hydroxylation is 2. The van der Waals surface area contributed by atoms with Gasteiger partial charge in [-0.15, -0.1) is 0 Å². The lowest BCUT2D eigenvalue weighted by Crippen LogP contribution is -1.92. The minimum absolute atomic E-state index is 0.0356. The highest BCUT2D eigenvalue weighted by Gasteiger charge is 2.15. The Morgan fingerprint density at radius 3 is 2.32 bits per heavy atom. The molecule has 126 valence electrons. The Labute approximate surface area is 150 Å². The summed E-state index contributed by atoms with van der Waals surface area (Å²) in [5, 5.41) is 0. The van der Waals surface area contributed by atoms with Crippen molar-refractivity contribution in [3.63, 3.8) is 0 Å². The number of ketones is 1. The van der Waals surface area contributed by atoms with Gasteiger partial charge in [-0.25, -0.2) is 0 Å². The molecule has 0 aromatic heterocycles. The topological polar surface area (TPSA) is 17.1 Å². The third-order valence-electron chi connectivity index (χ3n) is 4.73. The third-order valence-corrected chi connectivity index (χ3v) is 4.73. The van der Waals surface area contributed by atoms with Crippen LogP contribution in [0.2, 0.25) is 0 Å². The van der Waals surface area contributed by atoms with Crippen molar-refractivity contribution in [3.05, 3.63) is 88.5 Å². The highest BCUT2D eigenvalue weighted by atomic mass is 16.1. The molecular weight excluding hydrogens is 304 g/mol. The number of rotatable bonds is 4. The molecule has 0 bridgehead atoms. The Balaban J connectivity index is 2.02. The highest BCUT2D eigenvalue weighted by molar-refractivity contribution is 6.07. The number of hydrogen-bond acceptors (Lipinski definition) is 1. The van der Waals surface area contributed by atoms with Gasteiger partial charge in [0.2, 0.25) is 0 Å². The van der Waals surface area contributed by atoms with Crippen LogP contribution < -0.4 is 0 Å². The van der Waals surface area contributed by atoms with E-state index in [4.69, 9.17) is 0 Å². The molecule has 1 nitrogen and oxygen atoms in total. The van der Waals surface area contributed by atoms with E-state index in [0.717, 1.165) is 11.1 Å².